The van der Waals surface area contributed by atoms with Crippen molar-refractivity contribution in [2.75, 3.05) is 19.5 Å². The van der Waals surface area contributed by atoms with Crippen molar-refractivity contribution >= 4 is 27.5 Å². The number of hydrogen-bond acceptors (Lipinski definition) is 3. The van der Waals surface area contributed by atoms with Crippen LogP contribution < -0.4 is 14.8 Å². The van der Waals surface area contributed by atoms with Crippen molar-refractivity contribution in [3.05, 3.63) is 52.0 Å². The van der Waals surface area contributed by atoms with Crippen LogP contribution in [-0.2, 0) is 0 Å². The highest BCUT2D eigenvalue weighted by Gasteiger charge is 2.13. The van der Waals surface area contributed by atoms with Crippen LogP contribution in [0.4, 0.5) is 5.69 Å². The van der Waals surface area contributed by atoms with Gasteiger partial charge in [-0.1, -0.05) is 22.0 Å². The van der Waals surface area contributed by atoms with E-state index in [-0.39, 0.29) is 5.91 Å². The molecular weight excluding hydrogens is 334 g/mol. The van der Waals surface area contributed by atoms with Crippen molar-refractivity contribution in [2.45, 2.75) is 6.92 Å². The maximum absolute atomic E-state index is 12.4. The van der Waals surface area contributed by atoms with Crippen LogP contribution >= 0.6 is 15.9 Å². The van der Waals surface area contributed by atoms with E-state index in [1.807, 2.05) is 19.1 Å². The molecule has 0 fully saturated rings. The Morgan fingerprint density at radius 1 is 1.10 bits per heavy atom. The lowest BCUT2D eigenvalue weighted by atomic mass is 10.1. The van der Waals surface area contributed by atoms with Gasteiger partial charge < -0.3 is 14.8 Å². The first-order chi connectivity index (χ1) is 10.0. The number of nitrogens with one attached hydrogen (secondary N) is 1. The Kier molecular flexibility index (Phi) is 4.85. The van der Waals surface area contributed by atoms with Crippen LogP contribution in [0.1, 0.15) is 15.9 Å². The zero-order valence-corrected chi connectivity index (χ0v) is 13.7. The Morgan fingerprint density at radius 2 is 1.86 bits per heavy atom. The molecule has 0 saturated carbocycles. The van der Waals surface area contributed by atoms with Gasteiger partial charge in [-0.25, -0.2) is 0 Å². The molecule has 2 aromatic rings. The van der Waals surface area contributed by atoms with Gasteiger partial charge in [0.1, 0.15) is 11.5 Å². The van der Waals surface area contributed by atoms with Crippen molar-refractivity contribution in [3.8, 4) is 11.5 Å². The third-order valence-corrected chi connectivity index (χ3v) is 3.59. The second kappa shape index (κ2) is 6.63. The highest BCUT2D eigenvalue weighted by Crippen LogP contribution is 2.29. The van der Waals surface area contributed by atoms with E-state index in [0.717, 1.165) is 10.0 Å². The number of amides is 1. The predicted molar refractivity (Wildman–Crippen MR) is 86.4 cm³/mol. The molecule has 0 aliphatic carbocycles. The third-order valence-electron chi connectivity index (χ3n) is 3.10. The van der Waals surface area contributed by atoms with Gasteiger partial charge in [-0.2, -0.15) is 0 Å². The molecule has 0 spiro atoms. The Bertz CT molecular complexity index is 671. The monoisotopic (exact) mass is 349 g/mol. The third kappa shape index (κ3) is 3.55. The standard InChI is InChI=1S/C16H16BrNO3/c1-10-4-5-11(17)8-13(10)16(19)18-14-7-6-12(20-2)9-15(14)21-3/h4-9H,1-3H3,(H,18,19). The van der Waals surface area contributed by atoms with Crippen LogP contribution in [0.2, 0.25) is 0 Å². The zero-order chi connectivity index (χ0) is 15.4. The van der Waals surface area contributed by atoms with E-state index in [0.29, 0.717) is 22.7 Å². The Hall–Kier alpha value is -2.01. The lowest BCUT2D eigenvalue weighted by Gasteiger charge is -2.12. The van der Waals surface area contributed by atoms with Crippen LogP contribution in [-0.4, -0.2) is 20.1 Å². The van der Waals surface area contributed by atoms with Crippen molar-refractivity contribution < 1.29 is 14.3 Å². The fraction of sp³-hybridized carbons (Fsp3) is 0.188. The van der Waals surface area contributed by atoms with Crippen LogP contribution in [0, 0.1) is 6.92 Å². The zero-order valence-electron chi connectivity index (χ0n) is 12.1. The molecule has 21 heavy (non-hydrogen) atoms. The van der Waals surface area contributed by atoms with Gasteiger partial charge in [-0.15, -0.1) is 0 Å². The summed E-state index contributed by atoms with van der Waals surface area (Å²) in [5.74, 6) is 1.04. The molecule has 0 aliphatic rings. The van der Waals surface area contributed by atoms with Gasteiger partial charge >= 0.3 is 0 Å². The Morgan fingerprint density at radius 3 is 2.52 bits per heavy atom. The van der Waals surface area contributed by atoms with Gasteiger partial charge in [-0.05, 0) is 36.8 Å². The highest BCUT2D eigenvalue weighted by molar-refractivity contribution is 9.10. The summed E-state index contributed by atoms with van der Waals surface area (Å²) in [7, 11) is 3.13. The van der Waals surface area contributed by atoms with Gasteiger partial charge in [0.05, 0.1) is 19.9 Å². The van der Waals surface area contributed by atoms with Gasteiger partial charge in [0.25, 0.3) is 5.91 Å². The van der Waals surface area contributed by atoms with E-state index >= 15 is 0 Å². The number of halogens is 1. The second-order valence-corrected chi connectivity index (χ2v) is 5.40. The number of carbonyl (C=O) groups excluding carboxylic acids is 1. The lowest BCUT2D eigenvalue weighted by molar-refractivity contribution is 0.102. The number of carbonyl (C=O) groups is 1. The Labute approximate surface area is 132 Å². The molecule has 110 valence electrons. The molecule has 0 aromatic heterocycles. The average molecular weight is 350 g/mol. The normalized spacial score (nSPS) is 10.1. The van der Waals surface area contributed by atoms with Crippen molar-refractivity contribution in [1.82, 2.24) is 0 Å². The van der Waals surface area contributed by atoms with Crippen LogP contribution in [0.25, 0.3) is 0 Å². The minimum Gasteiger partial charge on any atom is -0.497 e. The molecule has 0 heterocycles. The second-order valence-electron chi connectivity index (χ2n) is 4.48. The highest BCUT2D eigenvalue weighted by atomic mass is 79.9. The van der Waals surface area contributed by atoms with E-state index in [2.05, 4.69) is 21.2 Å². The summed E-state index contributed by atoms with van der Waals surface area (Å²) in [6.07, 6.45) is 0. The van der Waals surface area contributed by atoms with Crippen molar-refractivity contribution in [1.29, 1.82) is 0 Å². The number of aryl methyl sites for hydroxylation is 1. The minimum absolute atomic E-state index is 0.183. The molecular formula is C16H16BrNO3. The number of benzene rings is 2. The molecule has 0 unspecified atom stereocenters. The summed E-state index contributed by atoms with van der Waals surface area (Å²) in [6, 6.07) is 10.8. The Balaban J connectivity index is 2.29. The fourth-order valence-corrected chi connectivity index (χ4v) is 2.29. The summed E-state index contributed by atoms with van der Waals surface area (Å²) in [4.78, 5) is 12.4. The molecule has 5 heteroatoms. The van der Waals surface area contributed by atoms with Crippen LogP contribution in [0.15, 0.2) is 40.9 Å². The first-order valence-electron chi connectivity index (χ1n) is 6.34. The molecule has 1 N–H and O–H groups in total. The predicted octanol–water partition coefficient (Wildman–Crippen LogP) is 4.03. The van der Waals surface area contributed by atoms with Crippen LogP contribution in [0.5, 0.6) is 11.5 Å². The summed E-state index contributed by atoms with van der Waals surface area (Å²) < 4.78 is 11.3. The minimum atomic E-state index is -0.183. The number of ether oxygens (including phenoxy) is 2. The largest absolute Gasteiger partial charge is 0.497 e. The van der Waals surface area contributed by atoms with Gasteiger partial charge in [-0.3, -0.25) is 4.79 Å². The van der Waals surface area contributed by atoms with Gasteiger partial charge in [0.2, 0.25) is 0 Å². The summed E-state index contributed by atoms with van der Waals surface area (Å²) in [5, 5.41) is 2.86. The van der Waals surface area contributed by atoms with Crippen molar-refractivity contribution in [2.24, 2.45) is 0 Å². The molecule has 1 amide bonds. The van der Waals surface area contributed by atoms with Crippen molar-refractivity contribution in [3.63, 3.8) is 0 Å². The number of hydrogen-bond donors (Lipinski definition) is 1. The van der Waals surface area contributed by atoms with E-state index < -0.39 is 0 Å². The van der Waals surface area contributed by atoms with E-state index in [9.17, 15) is 4.79 Å². The molecule has 0 atom stereocenters. The summed E-state index contributed by atoms with van der Waals surface area (Å²) >= 11 is 3.38. The number of anilines is 1. The molecule has 0 aliphatic heterocycles. The van der Waals surface area contributed by atoms with Gasteiger partial charge in [0, 0.05) is 16.1 Å². The SMILES string of the molecule is COc1ccc(NC(=O)c2cc(Br)ccc2C)c(OC)c1. The molecule has 2 rings (SSSR count). The molecule has 2 aromatic carbocycles. The fourth-order valence-electron chi connectivity index (χ4n) is 1.93. The van der Waals surface area contributed by atoms with E-state index in [4.69, 9.17) is 9.47 Å². The van der Waals surface area contributed by atoms with E-state index in [1.54, 1.807) is 38.5 Å². The number of methoxy groups -OCH3 is 2. The molecule has 0 radical (unpaired) electrons. The summed E-state index contributed by atoms with van der Waals surface area (Å²) in [6.45, 7) is 1.90. The summed E-state index contributed by atoms with van der Waals surface area (Å²) in [5.41, 5.74) is 2.12. The quantitative estimate of drug-likeness (QED) is 0.906. The maximum atomic E-state index is 12.4. The molecule has 0 bridgehead atoms. The first-order valence-corrected chi connectivity index (χ1v) is 7.14. The smallest absolute Gasteiger partial charge is 0.256 e. The number of rotatable bonds is 4. The maximum Gasteiger partial charge on any atom is 0.256 e. The topological polar surface area (TPSA) is 47.6 Å². The lowest BCUT2D eigenvalue weighted by Crippen LogP contribution is -2.14. The van der Waals surface area contributed by atoms with Crippen LogP contribution in [0.3, 0.4) is 0 Å². The van der Waals surface area contributed by atoms with E-state index in [1.165, 1.54) is 0 Å². The average Bonchev–Trinajstić information content (AvgIpc) is 2.49. The molecule has 0 saturated heterocycles. The molecule has 4 nitrogen and oxygen atoms in total. The van der Waals surface area contributed by atoms with Gasteiger partial charge in [0.15, 0.2) is 0 Å². The first kappa shape index (κ1) is 15.4.